The van der Waals surface area contributed by atoms with Crippen LogP contribution in [0.1, 0.15) is 10.4 Å². The van der Waals surface area contributed by atoms with Crippen LogP contribution in [0, 0.1) is 0 Å². The molecule has 0 aliphatic rings. The maximum atomic E-state index is 11.2. The van der Waals surface area contributed by atoms with Crippen molar-refractivity contribution >= 4 is 50.7 Å². The fourth-order valence-electron chi connectivity index (χ4n) is 1.16. The first-order valence-corrected chi connectivity index (χ1v) is 5.52. The largest absolute Gasteiger partial charge is 0.465 e. The Balaban J connectivity index is 2.64. The summed E-state index contributed by atoms with van der Waals surface area (Å²) in [5.74, 6) is -0.442. The van der Waals surface area contributed by atoms with E-state index in [1.165, 1.54) is 24.6 Å². The van der Waals surface area contributed by atoms with Gasteiger partial charge >= 0.3 is 5.97 Å². The van der Waals surface area contributed by atoms with Crippen LogP contribution in [-0.2, 0) is 4.74 Å². The Hall–Kier alpha value is -0.840. The Labute approximate surface area is 99.6 Å². The molecule has 0 bridgehead atoms. The Morgan fingerprint density at radius 1 is 1.53 bits per heavy atom. The molecule has 0 aliphatic heterocycles. The van der Waals surface area contributed by atoms with Crippen molar-refractivity contribution in [1.29, 1.82) is 0 Å². The number of hydrogen-bond donors (Lipinski definition) is 0. The van der Waals surface area contributed by atoms with E-state index in [0.717, 1.165) is 0 Å². The number of hydrogen-bond acceptors (Lipinski definition) is 4. The molecule has 0 N–H and O–H groups in total. The third-order valence-corrected chi connectivity index (χ3v) is 3.79. The number of halogens is 2. The summed E-state index contributed by atoms with van der Waals surface area (Å²) in [6, 6.07) is 1.62. The van der Waals surface area contributed by atoms with Crippen molar-refractivity contribution in [3.05, 3.63) is 27.2 Å². The Morgan fingerprint density at radius 2 is 2.27 bits per heavy atom. The summed E-state index contributed by atoms with van der Waals surface area (Å²) < 4.78 is 5.05. The lowest BCUT2D eigenvalue weighted by atomic mass is 10.2. The van der Waals surface area contributed by atoms with Gasteiger partial charge in [0.2, 0.25) is 0 Å². The summed E-state index contributed by atoms with van der Waals surface area (Å²) in [6.45, 7) is 0. The molecule has 0 unspecified atom stereocenters. The van der Waals surface area contributed by atoms with Gasteiger partial charge in [0.25, 0.3) is 0 Å². The molecule has 0 radical (unpaired) electrons. The molecule has 0 saturated carbocycles. The fourth-order valence-corrected chi connectivity index (χ4v) is 2.54. The van der Waals surface area contributed by atoms with E-state index in [0.29, 0.717) is 25.1 Å². The van der Waals surface area contributed by atoms with Gasteiger partial charge in [-0.3, -0.25) is 0 Å². The highest BCUT2D eigenvalue weighted by molar-refractivity contribution is 7.23. The molecule has 0 atom stereocenters. The zero-order valence-corrected chi connectivity index (χ0v) is 9.91. The summed E-state index contributed by atoms with van der Waals surface area (Å²) in [5, 5.41) is 1.10. The predicted molar refractivity (Wildman–Crippen MR) is 61.0 cm³/mol. The second-order valence-electron chi connectivity index (χ2n) is 2.76. The summed E-state index contributed by atoms with van der Waals surface area (Å²) >= 11 is 13.1. The highest BCUT2D eigenvalue weighted by atomic mass is 35.5. The summed E-state index contributed by atoms with van der Waals surface area (Å²) in [7, 11) is 1.31. The van der Waals surface area contributed by atoms with E-state index < -0.39 is 5.97 Å². The van der Waals surface area contributed by atoms with E-state index in [-0.39, 0.29) is 0 Å². The van der Waals surface area contributed by atoms with Gasteiger partial charge in [0.1, 0.15) is 9.17 Å². The standard InChI is InChI=1S/C9H5Cl2NO2S/c1-14-9(13)4-2-5-6(10)7(11)15-8(5)12-3-4/h2-3H,1H3. The molecule has 3 nitrogen and oxygen atoms in total. The van der Waals surface area contributed by atoms with Crippen LogP contribution in [-0.4, -0.2) is 18.1 Å². The van der Waals surface area contributed by atoms with Crippen LogP contribution in [0.3, 0.4) is 0 Å². The van der Waals surface area contributed by atoms with Crippen LogP contribution in [0.2, 0.25) is 9.36 Å². The first-order chi connectivity index (χ1) is 7.13. The number of ether oxygens (including phenoxy) is 1. The Kier molecular flexibility index (Phi) is 2.82. The second kappa shape index (κ2) is 3.96. The average Bonchev–Trinajstić information content (AvgIpc) is 2.54. The van der Waals surface area contributed by atoms with Crippen LogP contribution < -0.4 is 0 Å². The quantitative estimate of drug-likeness (QED) is 0.739. The molecule has 0 spiro atoms. The van der Waals surface area contributed by atoms with Crippen molar-refractivity contribution < 1.29 is 9.53 Å². The van der Waals surface area contributed by atoms with Gasteiger partial charge in [-0.05, 0) is 6.07 Å². The molecule has 2 aromatic rings. The van der Waals surface area contributed by atoms with E-state index in [2.05, 4.69) is 9.72 Å². The third-order valence-electron chi connectivity index (χ3n) is 1.87. The first kappa shape index (κ1) is 10.7. The number of rotatable bonds is 1. The van der Waals surface area contributed by atoms with Crippen LogP contribution >= 0.6 is 34.5 Å². The van der Waals surface area contributed by atoms with Gasteiger partial charge in [0.15, 0.2) is 0 Å². The van der Waals surface area contributed by atoms with Crippen LogP contribution in [0.15, 0.2) is 12.3 Å². The normalized spacial score (nSPS) is 10.6. The zero-order valence-electron chi connectivity index (χ0n) is 7.58. The minimum atomic E-state index is -0.442. The molecule has 15 heavy (non-hydrogen) atoms. The molecule has 0 saturated heterocycles. The van der Waals surface area contributed by atoms with Crippen molar-refractivity contribution in [2.75, 3.05) is 7.11 Å². The van der Waals surface area contributed by atoms with Crippen LogP contribution in [0.5, 0.6) is 0 Å². The molecule has 0 amide bonds. The van der Waals surface area contributed by atoms with Crippen LogP contribution in [0.4, 0.5) is 0 Å². The molecule has 78 valence electrons. The molecule has 0 aliphatic carbocycles. The lowest BCUT2D eigenvalue weighted by Gasteiger charge is -1.97. The molecule has 6 heteroatoms. The number of methoxy groups -OCH3 is 1. The maximum absolute atomic E-state index is 11.2. The molecule has 2 rings (SSSR count). The van der Waals surface area contributed by atoms with E-state index in [9.17, 15) is 4.79 Å². The summed E-state index contributed by atoms with van der Waals surface area (Å²) in [6.07, 6.45) is 1.44. The number of aromatic nitrogens is 1. The van der Waals surface area contributed by atoms with Gasteiger partial charge in [-0.1, -0.05) is 23.2 Å². The van der Waals surface area contributed by atoms with Gasteiger partial charge < -0.3 is 4.74 Å². The number of carbonyl (C=O) groups excluding carboxylic acids is 1. The van der Waals surface area contributed by atoms with Gasteiger partial charge in [0.05, 0.1) is 17.7 Å². The van der Waals surface area contributed by atoms with Gasteiger partial charge in [-0.15, -0.1) is 11.3 Å². The lowest BCUT2D eigenvalue weighted by Crippen LogP contribution is -2.01. The molecule has 0 fully saturated rings. The van der Waals surface area contributed by atoms with E-state index in [1.807, 2.05) is 0 Å². The minimum Gasteiger partial charge on any atom is -0.465 e. The SMILES string of the molecule is COC(=O)c1cnc2sc(Cl)c(Cl)c2c1. The smallest absolute Gasteiger partial charge is 0.339 e. The fraction of sp³-hybridized carbons (Fsp3) is 0.111. The highest BCUT2D eigenvalue weighted by Gasteiger charge is 2.13. The first-order valence-electron chi connectivity index (χ1n) is 3.95. The van der Waals surface area contributed by atoms with E-state index in [4.69, 9.17) is 23.2 Å². The lowest BCUT2D eigenvalue weighted by molar-refractivity contribution is 0.0600. The molecule has 2 heterocycles. The second-order valence-corrected chi connectivity index (χ2v) is 4.74. The van der Waals surface area contributed by atoms with Crippen molar-refractivity contribution in [1.82, 2.24) is 4.98 Å². The summed E-state index contributed by atoms with van der Waals surface area (Å²) in [4.78, 5) is 16.0. The van der Waals surface area contributed by atoms with E-state index in [1.54, 1.807) is 6.07 Å². The monoisotopic (exact) mass is 261 g/mol. The molecular formula is C9H5Cl2NO2S. The number of pyridine rings is 1. The molecule has 2 aromatic heterocycles. The number of thiophene rings is 1. The van der Waals surface area contributed by atoms with Crippen molar-refractivity contribution in [3.63, 3.8) is 0 Å². The Bertz CT molecular complexity index is 538. The summed E-state index contributed by atoms with van der Waals surface area (Å²) in [5.41, 5.74) is 0.362. The minimum absolute atomic E-state index is 0.362. The number of esters is 1. The topological polar surface area (TPSA) is 39.2 Å². The zero-order chi connectivity index (χ0) is 11.0. The molecular weight excluding hydrogens is 257 g/mol. The maximum Gasteiger partial charge on any atom is 0.339 e. The average molecular weight is 262 g/mol. The number of carbonyl (C=O) groups is 1. The Morgan fingerprint density at radius 3 is 2.93 bits per heavy atom. The van der Waals surface area contributed by atoms with Crippen LogP contribution in [0.25, 0.3) is 10.2 Å². The third kappa shape index (κ3) is 1.80. The van der Waals surface area contributed by atoms with E-state index >= 15 is 0 Å². The van der Waals surface area contributed by atoms with Crippen molar-refractivity contribution in [2.45, 2.75) is 0 Å². The molecule has 0 aromatic carbocycles. The number of nitrogens with zero attached hydrogens (tertiary/aromatic N) is 1. The number of fused-ring (bicyclic) bond motifs is 1. The highest BCUT2D eigenvalue weighted by Crippen LogP contribution is 2.37. The van der Waals surface area contributed by atoms with Gasteiger partial charge in [-0.2, -0.15) is 0 Å². The van der Waals surface area contributed by atoms with Gasteiger partial charge in [0, 0.05) is 11.6 Å². The van der Waals surface area contributed by atoms with Gasteiger partial charge in [-0.25, -0.2) is 9.78 Å². The van der Waals surface area contributed by atoms with Crippen molar-refractivity contribution in [3.8, 4) is 0 Å². The van der Waals surface area contributed by atoms with Crippen molar-refractivity contribution in [2.24, 2.45) is 0 Å². The predicted octanol–water partition coefficient (Wildman–Crippen LogP) is 3.39.